The fourth-order valence-corrected chi connectivity index (χ4v) is 1.69. The van der Waals surface area contributed by atoms with Crippen molar-refractivity contribution in [3.8, 4) is 0 Å². The Hall–Kier alpha value is -2.04. The molecule has 3 N–H and O–H groups in total. The van der Waals surface area contributed by atoms with Gasteiger partial charge in [0, 0.05) is 5.69 Å². The van der Waals surface area contributed by atoms with Crippen LogP contribution in [0, 0.1) is 20.8 Å². The highest BCUT2D eigenvalue weighted by Gasteiger charge is 2.08. The van der Waals surface area contributed by atoms with Gasteiger partial charge >= 0.3 is 12.0 Å². The number of amides is 2. The molecule has 0 spiro atoms. The molecule has 0 saturated carbocycles. The summed E-state index contributed by atoms with van der Waals surface area (Å²) in [4.78, 5) is 21.7. The van der Waals surface area contributed by atoms with Gasteiger partial charge in [0.15, 0.2) is 0 Å². The number of aliphatic carboxylic acids is 1. The first-order chi connectivity index (χ1) is 7.90. The van der Waals surface area contributed by atoms with Gasteiger partial charge in [-0.25, -0.2) is 4.79 Å². The SMILES string of the molecule is Cc1cc(C)c(NC(=O)NCC(=O)O)c(C)c1. The molecule has 0 aliphatic carbocycles. The van der Waals surface area contributed by atoms with Crippen LogP contribution in [0.4, 0.5) is 10.5 Å². The number of carboxylic acid groups (broad SMARTS) is 1. The van der Waals surface area contributed by atoms with Gasteiger partial charge in [-0.1, -0.05) is 17.7 Å². The zero-order valence-corrected chi connectivity index (χ0v) is 10.1. The first-order valence-electron chi connectivity index (χ1n) is 5.24. The zero-order valence-electron chi connectivity index (χ0n) is 10.1. The standard InChI is InChI=1S/C12H16N2O3/c1-7-4-8(2)11(9(3)5-7)14-12(17)13-6-10(15)16/h4-5H,6H2,1-3H3,(H,15,16)(H2,13,14,17). The van der Waals surface area contributed by atoms with Gasteiger partial charge < -0.3 is 15.7 Å². The van der Waals surface area contributed by atoms with Crippen LogP contribution in [-0.4, -0.2) is 23.7 Å². The Morgan fingerprint density at radius 1 is 1.18 bits per heavy atom. The van der Waals surface area contributed by atoms with Crippen LogP contribution >= 0.6 is 0 Å². The average Bonchev–Trinajstić information content (AvgIpc) is 2.20. The Bertz CT molecular complexity index is 432. The largest absolute Gasteiger partial charge is 0.480 e. The van der Waals surface area contributed by atoms with Crippen LogP contribution in [0.2, 0.25) is 0 Å². The fourth-order valence-electron chi connectivity index (χ4n) is 1.69. The molecule has 0 radical (unpaired) electrons. The van der Waals surface area contributed by atoms with E-state index < -0.39 is 18.5 Å². The number of anilines is 1. The summed E-state index contributed by atoms with van der Waals surface area (Å²) >= 11 is 0. The minimum absolute atomic E-state index is 0.393. The van der Waals surface area contributed by atoms with Gasteiger partial charge in [-0.15, -0.1) is 0 Å². The Kier molecular flexibility index (Phi) is 4.09. The van der Waals surface area contributed by atoms with Crippen LogP contribution in [0.15, 0.2) is 12.1 Å². The number of carbonyl (C=O) groups excluding carboxylic acids is 1. The summed E-state index contributed by atoms with van der Waals surface area (Å²) in [6.07, 6.45) is 0. The van der Waals surface area contributed by atoms with E-state index in [9.17, 15) is 9.59 Å². The van der Waals surface area contributed by atoms with Crippen LogP contribution < -0.4 is 10.6 Å². The second-order valence-electron chi connectivity index (χ2n) is 3.98. The monoisotopic (exact) mass is 236 g/mol. The van der Waals surface area contributed by atoms with Crippen LogP contribution in [0.3, 0.4) is 0 Å². The third kappa shape index (κ3) is 3.79. The maximum atomic E-state index is 11.4. The van der Waals surface area contributed by atoms with E-state index in [2.05, 4.69) is 10.6 Å². The van der Waals surface area contributed by atoms with E-state index in [0.29, 0.717) is 0 Å². The molecular formula is C12H16N2O3. The van der Waals surface area contributed by atoms with Crippen LogP contribution in [0.1, 0.15) is 16.7 Å². The van der Waals surface area contributed by atoms with Crippen molar-refractivity contribution in [3.63, 3.8) is 0 Å². The summed E-state index contributed by atoms with van der Waals surface area (Å²) in [5.74, 6) is -1.07. The van der Waals surface area contributed by atoms with E-state index in [4.69, 9.17) is 5.11 Å². The van der Waals surface area contributed by atoms with E-state index in [1.807, 2.05) is 32.9 Å². The molecule has 1 aromatic carbocycles. The molecule has 0 atom stereocenters. The van der Waals surface area contributed by atoms with Crippen molar-refractivity contribution in [1.29, 1.82) is 0 Å². The molecule has 5 nitrogen and oxygen atoms in total. The maximum absolute atomic E-state index is 11.4. The van der Waals surface area contributed by atoms with Gasteiger partial charge in [-0.3, -0.25) is 4.79 Å². The van der Waals surface area contributed by atoms with Crippen LogP contribution in [-0.2, 0) is 4.79 Å². The van der Waals surface area contributed by atoms with E-state index >= 15 is 0 Å². The molecular weight excluding hydrogens is 220 g/mol. The van der Waals surface area contributed by atoms with Crippen LogP contribution in [0.25, 0.3) is 0 Å². The predicted molar refractivity (Wildman–Crippen MR) is 65.3 cm³/mol. The van der Waals surface area contributed by atoms with Gasteiger partial charge in [-0.05, 0) is 31.9 Å². The second kappa shape index (κ2) is 5.34. The molecule has 0 fully saturated rings. The average molecular weight is 236 g/mol. The lowest BCUT2D eigenvalue weighted by Gasteiger charge is -2.12. The maximum Gasteiger partial charge on any atom is 0.323 e. The molecule has 0 aliphatic rings. The summed E-state index contributed by atoms with van der Waals surface area (Å²) in [7, 11) is 0. The molecule has 2 amide bonds. The number of carboxylic acids is 1. The lowest BCUT2D eigenvalue weighted by molar-refractivity contribution is -0.135. The molecule has 0 heterocycles. The summed E-state index contributed by atoms with van der Waals surface area (Å²) in [5.41, 5.74) is 3.75. The molecule has 92 valence electrons. The Morgan fingerprint density at radius 2 is 1.71 bits per heavy atom. The predicted octanol–water partition coefficient (Wildman–Crippen LogP) is 1.82. The molecule has 0 bridgehead atoms. The number of aryl methyl sites for hydroxylation is 3. The third-order valence-electron chi connectivity index (χ3n) is 2.32. The lowest BCUT2D eigenvalue weighted by Crippen LogP contribution is -2.33. The first-order valence-corrected chi connectivity index (χ1v) is 5.24. The number of urea groups is 1. The van der Waals surface area contributed by atoms with Gasteiger partial charge in [0.05, 0.1) is 0 Å². The van der Waals surface area contributed by atoms with Gasteiger partial charge in [-0.2, -0.15) is 0 Å². The van der Waals surface area contributed by atoms with E-state index in [1.165, 1.54) is 0 Å². The highest BCUT2D eigenvalue weighted by atomic mass is 16.4. The smallest absolute Gasteiger partial charge is 0.323 e. The number of hydrogen-bond donors (Lipinski definition) is 3. The summed E-state index contributed by atoms with van der Waals surface area (Å²) in [6, 6.07) is 3.40. The molecule has 0 saturated heterocycles. The molecule has 0 unspecified atom stereocenters. The topological polar surface area (TPSA) is 78.4 Å². The number of benzene rings is 1. The lowest BCUT2D eigenvalue weighted by atomic mass is 10.1. The van der Waals surface area contributed by atoms with Crippen molar-refractivity contribution in [2.24, 2.45) is 0 Å². The van der Waals surface area contributed by atoms with Crippen molar-refractivity contribution in [2.75, 3.05) is 11.9 Å². The van der Waals surface area contributed by atoms with E-state index in [1.54, 1.807) is 0 Å². The van der Waals surface area contributed by atoms with Crippen LogP contribution in [0.5, 0.6) is 0 Å². The van der Waals surface area contributed by atoms with Crippen molar-refractivity contribution in [3.05, 3.63) is 28.8 Å². The summed E-state index contributed by atoms with van der Waals surface area (Å²) in [6.45, 7) is 5.38. The molecule has 1 aromatic rings. The fraction of sp³-hybridized carbons (Fsp3) is 0.333. The Morgan fingerprint density at radius 3 is 2.18 bits per heavy atom. The van der Waals surface area contributed by atoms with E-state index in [0.717, 1.165) is 22.4 Å². The minimum atomic E-state index is -1.07. The number of rotatable bonds is 3. The molecule has 0 aliphatic heterocycles. The van der Waals surface area contributed by atoms with Crippen molar-refractivity contribution in [1.82, 2.24) is 5.32 Å². The molecule has 5 heteroatoms. The number of nitrogens with one attached hydrogen (secondary N) is 2. The Balaban J connectivity index is 2.75. The normalized spacial score (nSPS) is 9.82. The Labute approximate surface area is 99.8 Å². The second-order valence-corrected chi connectivity index (χ2v) is 3.98. The number of carbonyl (C=O) groups is 2. The highest BCUT2D eigenvalue weighted by molar-refractivity contribution is 5.92. The van der Waals surface area contributed by atoms with Gasteiger partial charge in [0.1, 0.15) is 6.54 Å². The molecule has 0 aromatic heterocycles. The summed E-state index contributed by atoms with van der Waals surface area (Å²) < 4.78 is 0. The summed E-state index contributed by atoms with van der Waals surface area (Å²) in [5, 5.41) is 13.3. The van der Waals surface area contributed by atoms with Gasteiger partial charge in [0.2, 0.25) is 0 Å². The van der Waals surface area contributed by atoms with Crippen molar-refractivity contribution >= 4 is 17.7 Å². The highest BCUT2D eigenvalue weighted by Crippen LogP contribution is 2.21. The van der Waals surface area contributed by atoms with Crippen molar-refractivity contribution in [2.45, 2.75) is 20.8 Å². The molecule has 17 heavy (non-hydrogen) atoms. The molecule has 1 rings (SSSR count). The zero-order chi connectivity index (χ0) is 13.0. The van der Waals surface area contributed by atoms with E-state index in [-0.39, 0.29) is 0 Å². The first kappa shape index (κ1) is 13.0. The van der Waals surface area contributed by atoms with Crippen molar-refractivity contribution < 1.29 is 14.7 Å². The minimum Gasteiger partial charge on any atom is -0.480 e. The quantitative estimate of drug-likeness (QED) is 0.749. The van der Waals surface area contributed by atoms with Gasteiger partial charge in [0.25, 0.3) is 0 Å². The third-order valence-corrected chi connectivity index (χ3v) is 2.32. The number of hydrogen-bond acceptors (Lipinski definition) is 2.